The van der Waals surface area contributed by atoms with Gasteiger partial charge >= 0.3 is 0 Å². The van der Waals surface area contributed by atoms with Crippen molar-refractivity contribution < 1.29 is 5.11 Å². The number of allylic oxidation sites excluding steroid dienone is 2. The molecule has 1 aliphatic carbocycles. The number of fused-ring (bicyclic) bond motifs is 1. The Hall–Kier alpha value is -2.06. The third-order valence-electron chi connectivity index (χ3n) is 6.96. The van der Waals surface area contributed by atoms with Crippen molar-refractivity contribution in [1.82, 2.24) is 29.7 Å². The van der Waals surface area contributed by atoms with Crippen molar-refractivity contribution in [2.45, 2.75) is 78.7 Å². The average molecular weight is 469 g/mol. The average Bonchev–Trinajstić information content (AvgIpc) is 3.17. The molecule has 3 heterocycles. The highest BCUT2D eigenvalue weighted by atomic mass is 16.3. The molecule has 0 aromatic carbocycles. The van der Waals surface area contributed by atoms with Crippen LogP contribution in [0.3, 0.4) is 0 Å². The lowest BCUT2D eigenvalue weighted by atomic mass is 9.91. The highest BCUT2D eigenvalue weighted by Gasteiger charge is 2.28. The van der Waals surface area contributed by atoms with Crippen LogP contribution in [0.2, 0.25) is 0 Å². The molecule has 0 amide bonds. The number of nitrogens with zero attached hydrogens (tertiary/aromatic N) is 5. The highest BCUT2D eigenvalue weighted by Crippen LogP contribution is 2.33. The lowest BCUT2D eigenvalue weighted by Crippen LogP contribution is -2.44. The highest BCUT2D eigenvalue weighted by molar-refractivity contribution is 5.26. The summed E-state index contributed by atoms with van der Waals surface area (Å²) < 4.78 is 2.23. The van der Waals surface area contributed by atoms with Crippen LogP contribution < -0.4 is 5.32 Å². The number of hydrogen-bond donors (Lipinski definition) is 2. The zero-order valence-corrected chi connectivity index (χ0v) is 21.8. The van der Waals surface area contributed by atoms with Crippen LogP contribution in [-0.4, -0.2) is 62.7 Å². The van der Waals surface area contributed by atoms with Crippen LogP contribution in [0.4, 0.5) is 0 Å². The van der Waals surface area contributed by atoms with Gasteiger partial charge in [-0.2, -0.15) is 0 Å². The van der Waals surface area contributed by atoms with Gasteiger partial charge in [0.05, 0.1) is 35.9 Å². The van der Waals surface area contributed by atoms with Crippen molar-refractivity contribution in [3.05, 3.63) is 59.0 Å². The van der Waals surface area contributed by atoms with E-state index in [0.717, 1.165) is 69.4 Å². The zero-order valence-electron chi connectivity index (χ0n) is 21.8. The van der Waals surface area contributed by atoms with Gasteiger partial charge in [-0.25, -0.2) is 4.98 Å². The number of pyridine rings is 1. The van der Waals surface area contributed by atoms with Crippen LogP contribution in [0.1, 0.15) is 80.6 Å². The Labute approximate surface area is 205 Å². The van der Waals surface area contributed by atoms with E-state index in [1.54, 1.807) is 0 Å². The molecule has 0 radical (unpaired) electrons. The Bertz CT molecular complexity index is 914. The van der Waals surface area contributed by atoms with E-state index in [1.807, 2.05) is 45.2 Å². The van der Waals surface area contributed by atoms with E-state index in [-0.39, 0.29) is 0 Å². The van der Waals surface area contributed by atoms with Crippen LogP contribution in [-0.2, 0) is 19.6 Å². The summed E-state index contributed by atoms with van der Waals surface area (Å²) in [7, 11) is 2.17. The molecule has 2 atom stereocenters. The predicted molar refractivity (Wildman–Crippen MR) is 139 cm³/mol. The molecule has 34 heavy (non-hydrogen) atoms. The lowest BCUT2D eigenvalue weighted by Gasteiger charge is -2.32. The largest absolute Gasteiger partial charge is 0.387 e. The summed E-state index contributed by atoms with van der Waals surface area (Å²) in [5, 5.41) is 14.3. The quantitative estimate of drug-likeness (QED) is 0.599. The van der Waals surface area contributed by atoms with Crippen molar-refractivity contribution in [1.29, 1.82) is 0 Å². The van der Waals surface area contributed by atoms with E-state index in [2.05, 4.69) is 39.7 Å². The first-order valence-corrected chi connectivity index (χ1v) is 12.9. The Morgan fingerprint density at radius 1 is 1.26 bits per heavy atom. The molecule has 0 bridgehead atoms. The number of aliphatic hydroxyl groups is 1. The second-order valence-corrected chi connectivity index (χ2v) is 9.39. The number of imidazole rings is 1. The van der Waals surface area contributed by atoms with Crippen LogP contribution in [0.15, 0.2) is 30.5 Å². The second-order valence-electron chi connectivity index (χ2n) is 9.39. The number of hydrogen-bond acceptors (Lipinski definition) is 6. The van der Waals surface area contributed by atoms with Gasteiger partial charge in [0, 0.05) is 38.9 Å². The maximum absolute atomic E-state index is 10.9. The molecule has 1 saturated heterocycles. The summed E-state index contributed by atoms with van der Waals surface area (Å²) in [5.74, 6) is 0.988. The molecule has 7 nitrogen and oxygen atoms in total. The van der Waals surface area contributed by atoms with E-state index in [9.17, 15) is 5.11 Å². The summed E-state index contributed by atoms with van der Waals surface area (Å²) in [4.78, 5) is 14.4. The smallest absolute Gasteiger partial charge is 0.107 e. The third-order valence-corrected chi connectivity index (χ3v) is 6.96. The summed E-state index contributed by atoms with van der Waals surface area (Å²) in [6, 6.07) is 4.55. The van der Waals surface area contributed by atoms with Crippen LogP contribution in [0.25, 0.3) is 0 Å². The fourth-order valence-corrected chi connectivity index (χ4v) is 4.92. The topological polar surface area (TPSA) is 69.5 Å². The fraction of sp³-hybridized carbons (Fsp3) is 0.630. The number of nitrogens with one attached hydrogen (secondary N) is 1. The monoisotopic (exact) mass is 468 g/mol. The molecule has 4 rings (SSSR count). The van der Waals surface area contributed by atoms with Crippen molar-refractivity contribution in [3.8, 4) is 0 Å². The van der Waals surface area contributed by atoms with Crippen molar-refractivity contribution >= 4 is 0 Å². The molecule has 1 unspecified atom stereocenters. The Morgan fingerprint density at radius 3 is 2.68 bits per heavy atom. The second kappa shape index (κ2) is 13.1. The van der Waals surface area contributed by atoms with Gasteiger partial charge in [-0.15, -0.1) is 0 Å². The minimum Gasteiger partial charge on any atom is -0.387 e. The molecule has 0 saturated carbocycles. The molecule has 188 valence electrons. The summed E-state index contributed by atoms with van der Waals surface area (Å²) >= 11 is 0. The lowest BCUT2D eigenvalue weighted by molar-refractivity contribution is 0.141. The van der Waals surface area contributed by atoms with Gasteiger partial charge in [0.15, 0.2) is 0 Å². The third kappa shape index (κ3) is 6.54. The standard InChI is InChI=1S/C23H36N6O.C4H8/c1-4-21(30)23-19(26-17(2)29(23)16-28-13-11-24-12-14-28)15-27(3)20-9-5-7-18-8-6-10-25-22(18)20;1-3-4-2/h6,8,10,20-21,24,30H,4-5,7,9,11-16H2,1-3H3;3-4H,1-2H3/b;4-3-/t20-,21?;/m0./s1. The van der Waals surface area contributed by atoms with Gasteiger partial charge in [0.1, 0.15) is 5.82 Å². The first-order valence-electron chi connectivity index (χ1n) is 12.9. The normalized spacial score (nSPS) is 19.7. The van der Waals surface area contributed by atoms with Crippen molar-refractivity contribution in [3.63, 3.8) is 0 Å². The maximum Gasteiger partial charge on any atom is 0.107 e. The molecular formula is C27H44N6O. The number of piperazine rings is 1. The van der Waals surface area contributed by atoms with Crippen LogP contribution in [0, 0.1) is 6.92 Å². The van der Waals surface area contributed by atoms with Gasteiger partial charge in [0.2, 0.25) is 0 Å². The molecule has 2 aromatic heterocycles. The maximum atomic E-state index is 10.9. The number of aryl methyl sites for hydroxylation is 2. The van der Waals surface area contributed by atoms with Gasteiger partial charge in [0.25, 0.3) is 0 Å². The van der Waals surface area contributed by atoms with E-state index in [4.69, 9.17) is 9.97 Å². The number of rotatable bonds is 7. The minimum absolute atomic E-state index is 0.306. The van der Waals surface area contributed by atoms with Gasteiger partial charge in [-0.3, -0.25) is 14.8 Å². The van der Waals surface area contributed by atoms with E-state index < -0.39 is 6.10 Å². The Kier molecular flexibility index (Phi) is 10.3. The van der Waals surface area contributed by atoms with E-state index in [0.29, 0.717) is 12.5 Å². The predicted octanol–water partition coefficient (Wildman–Crippen LogP) is 3.98. The van der Waals surface area contributed by atoms with Gasteiger partial charge in [-0.05, 0) is 65.1 Å². The molecule has 2 N–H and O–H groups in total. The SMILES string of the molecule is C/C=C\C.CCC(O)c1c(CN(C)[C@H]2CCCc3cccnc32)nc(C)n1CN1CCNCC1. The van der Waals surface area contributed by atoms with E-state index >= 15 is 0 Å². The Balaban J connectivity index is 0.000000751. The summed E-state index contributed by atoms with van der Waals surface area (Å²) in [6.45, 7) is 13.7. The zero-order chi connectivity index (χ0) is 24.5. The Morgan fingerprint density at radius 2 is 2.00 bits per heavy atom. The van der Waals surface area contributed by atoms with Gasteiger partial charge < -0.3 is 15.0 Å². The number of aromatic nitrogens is 3. The molecule has 7 heteroatoms. The van der Waals surface area contributed by atoms with Gasteiger partial charge in [-0.1, -0.05) is 25.1 Å². The number of aliphatic hydroxyl groups excluding tert-OH is 1. The first-order chi connectivity index (χ1) is 16.5. The summed E-state index contributed by atoms with van der Waals surface area (Å²) in [5.41, 5.74) is 4.57. The van der Waals surface area contributed by atoms with Crippen molar-refractivity contribution in [2.24, 2.45) is 0 Å². The molecule has 2 aromatic rings. The van der Waals surface area contributed by atoms with E-state index in [1.165, 1.54) is 17.7 Å². The molecule has 2 aliphatic rings. The van der Waals surface area contributed by atoms with Crippen LogP contribution >= 0.6 is 0 Å². The molecule has 1 fully saturated rings. The summed E-state index contributed by atoms with van der Waals surface area (Å²) in [6.07, 6.45) is 9.53. The molecular weight excluding hydrogens is 424 g/mol. The minimum atomic E-state index is -0.491. The van der Waals surface area contributed by atoms with Crippen LogP contribution in [0.5, 0.6) is 0 Å². The molecule has 0 spiro atoms. The van der Waals surface area contributed by atoms with Crippen molar-refractivity contribution in [2.75, 3.05) is 33.2 Å². The fourth-order valence-electron chi connectivity index (χ4n) is 4.92. The molecule has 1 aliphatic heterocycles. The first kappa shape index (κ1) is 26.5.